The monoisotopic (exact) mass is 387 g/mol. The summed E-state index contributed by atoms with van der Waals surface area (Å²) in [4.78, 5) is 32.9. The van der Waals surface area contributed by atoms with E-state index in [-0.39, 0.29) is 18.0 Å². The molecule has 1 amide bonds. The molecule has 0 unspecified atom stereocenters. The Labute approximate surface area is 159 Å². The number of fused-ring (bicyclic) bond motifs is 3. The molecule has 5 nitrogen and oxygen atoms in total. The molecule has 7 heteroatoms. The van der Waals surface area contributed by atoms with Crippen molar-refractivity contribution in [2.45, 2.75) is 39.2 Å². The lowest BCUT2D eigenvalue weighted by Crippen LogP contribution is -2.33. The van der Waals surface area contributed by atoms with E-state index < -0.39 is 0 Å². The zero-order valence-corrected chi connectivity index (χ0v) is 16.3. The van der Waals surface area contributed by atoms with E-state index in [0.717, 1.165) is 41.5 Å². The molecule has 0 aromatic carbocycles. The van der Waals surface area contributed by atoms with Crippen LogP contribution in [0.4, 0.5) is 0 Å². The number of nitrogens with zero attached hydrogens (tertiary/aromatic N) is 2. The minimum Gasteiger partial charge on any atom is -0.354 e. The highest BCUT2D eigenvalue weighted by Crippen LogP contribution is 2.35. The van der Waals surface area contributed by atoms with E-state index in [1.807, 2.05) is 11.4 Å². The Kier molecular flexibility index (Phi) is 4.91. The third kappa shape index (κ3) is 3.46. The van der Waals surface area contributed by atoms with Crippen molar-refractivity contribution < 1.29 is 4.79 Å². The van der Waals surface area contributed by atoms with Crippen LogP contribution >= 0.6 is 22.7 Å². The molecule has 1 aliphatic rings. The minimum atomic E-state index is -0.150. The van der Waals surface area contributed by atoms with Crippen LogP contribution in [0.5, 0.6) is 0 Å². The fraction of sp³-hybridized carbons (Fsp3) is 0.421. The first-order valence-corrected chi connectivity index (χ1v) is 10.6. The molecule has 0 spiro atoms. The smallest absolute Gasteiger partial charge is 0.262 e. The average molecular weight is 388 g/mol. The molecule has 0 aliphatic heterocycles. The van der Waals surface area contributed by atoms with Crippen molar-refractivity contribution in [3.8, 4) is 0 Å². The molecule has 3 heterocycles. The lowest BCUT2D eigenvalue weighted by molar-refractivity contribution is -0.121. The molecule has 0 radical (unpaired) electrons. The van der Waals surface area contributed by atoms with Gasteiger partial charge in [0.25, 0.3) is 5.56 Å². The lowest BCUT2D eigenvalue weighted by atomic mass is 9.89. The van der Waals surface area contributed by atoms with Gasteiger partial charge in [-0.15, -0.1) is 22.7 Å². The van der Waals surface area contributed by atoms with Crippen molar-refractivity contribution in [3.05, 3.63) is 49.5 Å². The van der Waals surface area contributed by atoms with Crippen LogP contribution in [0, 0.1) is 5.92 Å². The molecule has 3 aromatic heterocycles. The molecule has 0 saturated heterocycles. The SMILES string of the molecule is C[C@@H]1CCc2c(sc3ncn(CC(=O)NCCc4cccs4)c(=O)c23)C1. The van der Waals surface area contributed by atoms with E-state index >= 15 is 0 Å². The number of nitrogens with one attached hydrogen (secondary N) is 1. The van der Waals surface area contributed by atoms with Gasteiger partial charge in [0.15, 0.2) is 0 Å². The summed E-state index contributed by atoms with van der Waals surface area (Å²) >= 11 is 3.31. The molecular weight excluding hydrogens is 366 g/mol. The standard InChI is InChI=1S/C19H21N3O2S2/c1-12-4-5-14-15(9-12)26-18-17(14)19(24)22(11-21-18)10-16(23)20-7-6-13-3-2-8-25-13/h2-3,8,11-12H,4-7,9-10H2,1H3,(H,20,23)/t12-/m1/s1. The van der Waals surface area contributed by atoms with E-state index in [0.29, 0.717) is 12.5 Å². The van der Waals surface area contributed by atoms with Gasteiger partial charge in [0, 0.05) is 16.3 Å². The van der Waals surface area contributed by atoms with E-state index in [1.54, 1.807) is 22.7 Å². The minimum absolute atomic E-state index is 0.0211. The quantitative estimate of drug-likeness (QED) is 0.732. The first-order chi connectivity index (χ1) is 12.6. The highest BCUT2D eigenvalue weighted by molar-refractivity contribution is 7.18. The van der Waals surface area contributed by atoms with Crippen LogP contribution in [-0.4, -0.2) is 22.0 Å². The van der Waals surface area contributed by atoms with Crippen molar-refractivity contribution in [2.75, 3.05) is 6.54 Å². The predicted molar refractivity (Wildman–Crippen MR) is 106 cm³/mol. The zero-order valence-electron chi connectivity index (χ0n) is 14.7. The van der Waals surface area contributed by atoms with Crippen molar-refractivity contribution >= 4 is 38.8 Å². The van der Waals surface area contributed by atoms with Crippen LogP contribution in [0.1, 0.15) is 28.7 Å². The molecule has 1 N–H and O–H groups in total. The van der Waals surface area contributed by atoms with Gasteiger partial charge < -0.3 is 5.32 Å². The number of hydrogen-bond acceptors (Lipinski definition) is 5. The second kappa shape index (κ2) is 7.32. The van der Waals surface area contributed by atoms with Gasteiger partial charge in [0.05, 0.1) is 11.7 Å². The Bertz CT molecular complexity index is 988. The normalized spacial score (nSPS) is 16.6. The Hall–Kier alpha value is -1.99. The van der Waals surface area contributed by atoms with Crippen LogP contribution in [0.25, 0.3) is 10.2 Å². The maximum absolute atomic E-state index is 12.9. The van der Waals surface area contributed by atoms with E-state index in [4.69, 9.17) is 0 Å². The molecule has 3 aromatic rings. The number of thiophene rings is 2. The van der Waals surface area contributed by atoms with Gasteiger partial charge in [0.1, 0.15) is 11.4 Å². The second-order valence-electron chi connectivity index (χ2n) is 6.89. The summed E-state index contributed by atoms with van der Waals surface area (Å²) in [6, 6.07) is 4.06. The molecule has 1 aliphatic carbocycles. The molecule has 136 valence electrons. The van der Waals surface area contributed by atoms with Crippen molar-refractivity contribution in [1.29, 1.82) is 0 Å². The van der Waals surface area contributed by atoms with Crippen LogP contribution in [-0.2, 0) is 30.6 Å². The summed E-state index contributed by atoms with van der Waals surface area (Å²) in [5.74, 6) is 0.509. The molecular formula is C19H21N3O2S2. The van der Waals surface area contributed by atoms with E-state index in [9.17, 15) is 9.59 Å². The lowest BCUT2D eigenvalue weighted by Gasteiger charge is -2.17. The number of carbonyl (C=O) groups excluding carboxylic acids is 1. The Morgan fingerprint density at radius 2 is 2.35 bits per heavy atom. The van der Waals surface area contributed by atoms with Crippen molar-refractivity contribution in [3.63, 3.8) is 0 Å². The van der Waals surface area contributed by atoms with Gasteiger partial charge in [-0.2, -0.15) is 0 Å². The Balaban J connectivity index is 1.49. The molecule has 1 atom stereocenters. The molecule has 0 fully saturated rings. The topological polar surface area (TPSA) is 64.0 Å². The molecule has 4 rings (SSSR count). The van der Waals surface area contributed by atoms with Crippen molar-refractivity contribution in [1.82, 2.24) is 14.9 Å². The number of amides is 1. The zero-order chi connectivity index (χ0) is 18.1. The van der Waals surface area contributed by atoms with Gasteiger partial charge >= 0.3 is 0 Å². The summed E-state index contributed by atoms with van der Waals surface area (Å²) < 4.78 is 1.44. The molecule has 0 saturated carbocycles. The van der Waals surface area contributed by atoms with Gasteiger partial charge in [-0.05, 0) is 48.6 Å². The van der Waals surface area contributed by atoms with Gasteiger partial charge in [0.2, 0.25) is 5.91 Å². The Morgan fingerprint density at radius 1 is 1.46 bits per heavy atom. The predicted octanol–water partition coefficient (Wildman–Crippen LogP) is 3.00. The number of aryl methyl sites for hydroxylation is 1. The third-order valence-corrected chi connectivity index (χ3v) is 6.97. The highest BCUT2D eigenvalue weighted by Gasteiger charge is 2.23. The highest BCUT2D eigenvalue weighted by atomic mass is 32.1. The number of aromatic nitrogens is 2. The molecule has 26 heavy (non-hydrogen) atoms. The first kappa shape index (κ1) is 17.4. The van der Waals surface area contributed by atoms with Crippen LogP contribution in [0.15, 0.2) is 28.6 Å². The van der Waals surface area contributed by atoms with Crippen LogP contribution in [0.2, 0.25) is 0 Å². The van der Waals surface area contributed by atoms with E-state index in [2.05, 4.69) is 23.3 Å². The summed E-state index contributed by atoms with van der Waals surface area (Å²) in [5, 5.41) is 5.64. The summed E-state index contributed by atoms with van der Waals surface area (Å²) in [7, 11) is 0. The van der Waals surface area contributed by atoms with E-state index in [1.165, 1.54) is 20.6 Å². The van der Waals surface area contributed by atoms with Crippen LogP contribution < -0.4 is 10.9 Å². The Morgan fingerprint density at radius 3 is 3.15 bits per heavy atom. The third-order valence-electron chi connectivity index (χ3n) is 4.87. The summed E-state index contributed by atoms with van der Waals surface area (Å²) in [6.07, 6.45) is 5.39. The fourth-order valence-electron chi connectivity index (χ4n) is 3.47. The fourth-order valence-corrected chi connectivity index (χ4v) is 5.52. The number of hydrogen-bond donors (Lipinski definition) is 1. The first-order valence-electron chi connectivity index (χ1n) is 8.90. The van der Waals surface area contributed by atoms with Crippen molar-refractivity contribution in [2.24, 2.45) is 5.92 Å². The summed E-state index contributed by atoms with van der Waals surface area (Å²) in [6.45, 7) is 2.85. The van der Waals surface area contributed by atoms with Gasteiger partial charge in [-0.3, -0.25) is 14.2 Å². The molecule has 0 bridgehead atoms. The maximum Gasteiger partial charge on any atom is 0.262 e. The van der Waals surface area contributed by atoms with Gasteiger partial charge in [-0.1, -0.05) is 13.0 Å². The van der Waals surface area contributed by atoms with Gasteiger partial charge in [-0.25, -0.2) is 4.98 Å². The number of carbonyl (C=O) groups is 1. The largest absolute Gasteiger partial charge is 0.354 e. The number of rotatable bonds is 5. The average Bonchev–Trinajstić information content (AvgIpc) is 3.24. The summed E-state index contributed by atoms with van der Waals surface area (Å²) in [5.41, 5.74) is 1.07. The second-order valence-corrected chi connectivity index (χ2v) is 9.00. The maximum atomic E-state index is 12.9. The van der Waals surface area contributed by atoms with Crippen LogP contribution in [0.3, 0.4) is 0 Å².